The average Bonchev–Trinajstić information content (AvgIpc) is 3.32. The molecule has 184 valence electrons. The zero-order valence-corrected chi connectivity index (χ0v) is 20.3. The van der Waals surface area contributed by atoms with E-state index < -0.39 is 41.2 Å². The Balaban J connectivity index is 1.83. The summed E-state index contributed by atoms with van der Waals surface area (Å²) in [5, 5.41) is 3.23. The number of nitrogens with one attached hydrogen (secondary N) is 1. The molecule has 4 atom stereocenters. The number of ketones is 1. The summed E-state index contributed by atoms with van der Waals surface area (Å²) in [4.78, 5) is 53.6. The summed E-state index contributed by atoms with van der Waals surface area (Å²) in [5.74, 6) is -2.70. The zero-order chi connectivity index (χ0) is 25.5. The van der Waals surface area contributed by atoms with Gasteiger partial charge in [0.15, 0.2) is 17.3 Å². The average molecular weight is 481 g/mol. The smallest absolute Gasteiger partial charge is 0.326 e. The van der Waals surface area contributed by atoms with E-state index in [9.17, 15) is 19.2 Å². The lowest BCUT2D eigenvalue weighted by Gasteiger charge is -2.29. The highest BCUT2D eigenvalue weighted by Gasteiger charge is 2.67. The molecule has 1 N–H and O–H groups in total. The summed E-state index contributed by atoms with van der Waals surface area (Å²) in [6.45, 7) is 4.81. The maximum Gasteiger partial charge on any atom is 0.326 e. The molecule has 2 amide bonds. The lowest BCUT2D eigenvalue weighted by atomic mass is 9.80. The standard InChI is InChI=1S/C26H28N2O7/c1-6-35-25(32)26(3)21-20(22(27-26)16-10-11-18(33-4)19(13-16)34-5)23(30)28(24(21)31)17-9-7-8-15(12-17)14(2)29/h7-13,20-22,27H,6H2,1-5H3/t20-,21+,22-,26-/m1/s1. The van der Waals surface area contributed by atoms with E-state index >= 15 is 0 Å². The van der Waals surface area contributed by atoms with Crippen LogP contribution in [0, 0.1) is 11.8 Å². The number of rotatable bonds is 7. The van der Waals surface area contributed by atoms with Crippen LogP contribution in [0.4, 0.5) is 5.69 Å². The van der Waals surface area contributed by atoms with Gasteiger partial charge in [0.05, 0.1) is 38.3 Å². The molecule has 0 unspecified atom stereocenters. The van der Waals surface area contributed by atoms with Gasteiger partial charge >= 0.3 is 5.97 Å². The van der Waals surface area contributed by atoms with Crippen LogP contribution in [0.25, 0.3) is 0 Å². The molecule has 0 radical (unpaired) electrons. The summed E-state index contributed by atoms with van der Waals surface area (Å²) in [5.41, 5.74) is -0.119. The number of esters is 1. The lowest BCUT2D eigenvalue weighted by molar-refractivity contribution is -0.153. The van der Waals surface area contributed by atoms with Gasteiger partial charge in [-0.3, -0.25) is 24.5 Å². The minimum atomic E-state index is -1.45. The molecule has 4 rings (SSSR count). The Morgan fingerprint density at radius 2 is 1.74 bits per heavy atom. The van der Waals surface area contributed by atoms with Crippen molar-refractivity contribution in [1.82, 2.24) is 5.32 Å². The first-order chi connectivity index (χ1) is 16.7. The van der Waals surface area contributed by atoms with Gasteiger partial charge in [-0.25, -0.2) is 4.90 Å². The number of methoxy groups -OCH3 is 2. The molecule has 0 spiro atoms. The molecule has 2 aromatic carbocycles. The van der Waals surface area contributed by atoms with Crippen LogP contribution >= 0.6 is 0 Å². The van der Waals surface area contributed by atoms with E-state index in [0.717, 1.165) is 4.90 Å². The van der Waals surface area contributed by atoms with Gasteiger partial charge in [0.1, 0.15) is 5.54 Å². The molecular formula is C26H28N2O7. The summed E-state index contributed by atoms with van der Waals surface area (Å²) in [7, 11) is 3.02. The monoisotopic (exact) mass is 480 g/mol. The van der Waals surface area contributed by atoms with Crippen molar-refractivity contribution < 1.29 is 33.4 Å². The molecule has 0 aliphatic carbocycles. The molecule has 2 saturated heterocycles. The number of carbonyl (C=O) groups excluding carboxylic acids is 4. The SMILES string of the molecule is CCOC(=O)[C@]1(C)N[C@H](c2ccc(OC)c(OC)c2)[C@@H]2C(=O)N(c3cccc(C(C)=O)c3)C(=O)[C@H]21. The van der Waals surface area contributed by atoms with Gasteiger partial charge in [-0.1, -0.05) is 18.2 Å². The van der Waals surface area contributed by atoms with Crippen LogP contribution in [0.1, 0.15) is 42.7 Å². The Morgan fingerprint density at radius 1 is 1.03 bits per heavy atom. The molecule has 9 nitrogen and oxygen atoms in total. The highest BCUT2D eigenvalue weighted by Crippen LogP contribution is 2.50. The zero-order valence-electron chi connectivity index (χ0n) is 20.3. The van der Waals surface area contributed by atoms with Crippen LogP contribution in [-0.4, -0.2) is 49.9 Å². The first kappa shape index (κ1) is 24.4. The first-order valence-corrected chi connectivity index (χ1v) is 11.3. The topological polar surface area (TPSA) is 111 Å². The quantitative estimate of drug-likeness (QED) is 0.366. The fourth-order valence-electron chi connectivity index (χ4n) is 5.06. The molecular weight excluding hydrogens is 452 g/mol. The van der Waals surface area contributed by atoms with Gasteiger partial charge in [0.2, 0.25) is 11.8 Å². The summed E-state index contributed by atoms with van der Waals surface area (Å²) in [6.07, 6.45) is 0. The number of imide groups is 1. The third kappa shape index (κ3) is 3.85. The minimum absolute atomic E-state index is 0.126. The summed E-state index contributed by atoms with van der Waals surface area (Å²) in [6, 6.07) is 10.9. The van der Waals surface area contributed by atoms with Crippen molar-refractivity contribution in [3.05, 3.63) is 53.6 Å². The van der Waals surface area contributed by atoms with Crippen molar-refractivity contribution in [2.24, 2.45) is 11.8 Å². The number of hydrogen-bond acceptors (Lipinski definition) is 8. The van der Waals surface area contributed by atoms with Gasteiger partial charge < -0.3 is 14.2 Å². The first-order valence-electron chi connectivity index (χ1n) is 11.3. The number of amides is 2. The Hall–Kier alpha value is -3.72. The van der Waals surface area contributed by atoms with Crippen molar-refractivity contribution in [2.45, 2.75) is 32.4 Å². The van der Waals surface area contributed by atoms with Gasteiger partial charge in [0.25, 0.3) is 0 Å². The number of Topliss-reactive ketones (excluding diaryl/α,β-unsaturated/α-hetero) is 1. The Kier molecular flexibility index (Phi) is 6.38. The molecule has 35 heavy (non-hydrogen) atoms. The molecule has 2 heterocycles. The predicted molar refractivity (Wildman–Crippen MR) is 126 cm³/mol. The highest BCUT2D eigenvalue weighted by molar-refractivity contribution is 6.24. The lowest BCUT2D eigenvalue weighted by Crippen LogP contribution is -2.54. The van der Waals surface area contributed by atoms with E-state index in [1.807, 2.05) is 0 Å². The molecule has 2 fully saturated rings. The van der Waals surface area contributed by atoms with Crippen LogP contribution in [0.2, 0.25) is 0 Å². The van der Waals surface area contributed by atoms with Crippen LogP contribution in [0.3, 0.4) is 0 Å². The minimum Gasteiger partial charge on any atom is -0.493 e. The van der Waals surface area contributed by atoms with Crippen molar-refractivity contribution in [3.63, 3.8) is 0 Å². The Morgan fingerprint density at radius 3 is 2.37 bits per heavy atom. The van der Waals surface area contributed by atoms with Crippen LogP contribution in [0.5, 0.6) is 11.5 Å². The van der Waals surface area contributed by atoms with E-state index in [-0.39, 0.29) is 12.4 Å². The molecule has 2 aromatic rings. The Labute approximate surface area is 203 Å². The Bertz CT molecular complexity index is 1210. The number of ether oxygens (including phenoxy) is 3. The third-order valence-electron chi connectivity index (χ3n) is 6.76. The summed E-state index contributed by atoms with van der Waals surface area (Å²) >= 11 is 0. The molecule has 0 saturated carbocycles. The second kappa shape index (κ2) is 9.14. The van der Waals surface area contributed by atoms with E-state index in [2.05, 4.69) is 5.32 Å². The van der Waals surface area contributed by atoms with Crippen LogP contribution < -0.4 is 19.7 Å². The van der Waals surface area contributed by atoms with Crippen LogP contribution in [0.15, 0.2) is 42.5 Å². The highest BCUT2D eigenvalue weighted by atomic mass is 16.5. The van der Waals surface area contributed by atoms with E-state index in [1.54, 1.807) is 50.2 Å². The third-order valence-corrected chi connectivity index (χ3v) is 6.76. The molecule has 0 bridgehead atoms. The van der Waals surface area contributed by atoms with Gasteiger partial charge in [-0.05, 0) is 50.6 Å². The van der Waals surface area contributed by atoms with Crippen molar-refractivity contribution >= 4 is 29.3 Å². The van der Waals surface area contributed by atoms with Crippen molar-refractivity contribution in [1.29, 1.82) is 0 Å². The second-order valence-corrected chi connectivity index (χ2v) is 8.78. The normalized spacial score (nSPS) is 25.4. The number of benzene rings is 2. The predicted octanol–water partition coefficient (Wildman–Crippen LogP) is 2.68. The van der Waals surface area contributed by atoms with E-state index in [4.69, 9.17) is 14.2 Å². The molecule has 9 heteroatoms. The maximum atomic E-state index is 13.8. The number of anilines is 1. The van der Waals surface area contributed by atoms with E-state index in [0.29, 0.717) is 28.3 Å². The molecule has 2 aliphatic rings. The molecule has 0 aromatic heterocycles. The number of nitrogens with zero attached hydrogens (tertiary/aromatic N) is 1. The van der Waals surface area contributed by atoms with Gasteiger partial charge in [-0.15, -0.1) is 0 Å². The largest absolute Gasteiger partial charge is 0.493 e. The van der Waals surface area contributed by atoms with Crippen molar-refractivity contribution in [2.75, 3.05) is 25.7 Å². The van der Waals surface area contributed by atoms with E-state index in [1.165, 1.54) is 27.2 Å². The van der Waals surface area contributed by atoms with Crippen molar-refractivity contribution in [3.8, 4) is 11.5 Å². The number of carbonyl (C=O) groups is 4. The fourth-order valence-corrected chi connectivity index (χ4v) is 5.06. The second-order valence-electron chi connectivity index (χ2n) is 8.78. The van der Waals surface area contributed by atoms with Crippen LogP contribution in [-0.2, 0) is 19.1 Å². The van der Waals surface area contributed by atoms with Gasteiger partial charge in [0, 0.05) is 11.6 Å². The number of fused-ring (bicyclic) bond motifs is 1. The van der Waals surface area contributed by atoms with Gasteiger partial charge in [-0.2, -0.15) is 0 Å². The molecule has 2 aliphatic heterocycles. The fraction of sp³-hybridized carbons (Fsp3) is 0.385. The maximum absolute atomic E-state index is 13.8. The number of hydrogen-bond donors (Lipinski definition) is 1. The summed E-state index contributed by atoms with van der Waals surface area (Å²) < 4.78 is 16.0.